The van der Waals surface area contributed by atoms with E-state index in [0.717, 1.165) is 43.5 Å². The van der Waals surface area contributed by atoms with Gasteiger partial charge in [0.2, 0.25) is 15.9 Å². The second-order valence-corrected chi connectivity index (χ2v) is 11.4. The Bertz CT molecular complexity index is 1150. The maximum Gasteiger partial charge on any atom is 0.243 e. The minimum absolute atomic E-state index is 0.0342. The fourth-order valence-electron chi connectivity index (χ4n) is 5.15. The summed E-state index contributed by atoms with van der Waals surface area (Å²) in [4.78, 5) is 27.5. The lowest BCUT2D eigenvalue weighted by molar-refractivity contribution is -0.139. The fourth-order valence-corrected chi connectivity index (χ4v) is 6.66. The van der Waals surface area contributed by atoms with Crippen molar-refractivity contribution in [3.63, 3.8) is 0 Å². The third kappa shape index (κ3) is 5.59. The number of ether oxygens (including phenoxy) is 1. The molecule has 0 aliphatic carbocycles. The van der Waals surface area contributed by atoms with Crippen LogP contribution in [0.2, 0.25) is 0 Å². The van der Waals surface area contributed by atoms with E-state index < -0.39 is 10.0 Å². The summed E-state index contributed by atoms with van der Waals surface area (Å²) in [7, 11) is -2.07. The number of nitrogens with zero attached hydrogens (tertiary/aromatic N) is 2. The summed E-state index contributed by atoms with van der Waals surface area (Å²) in [5.41, 5.74) is 1.49. The molecule has 2 aliphatic heterocycles. The lowest BCUT2D eigenvalue weighted by Crippen LogP contribution is -2.45. The van der Waals surface area contributed by atoms with Crippen molar-refractivity contribution in [1.29, 1.82) is 0 Å². The molecular weight excluding hydrogens is 464 g/mol. The van der Waals surface area contributed by atoms with Crippen molar-refractivity contribution < 1.29 is 22.7 Å². The third-order valence-corrected chi connectivity index (χ3v) is 9.11. The summed E-state index contributed by atoms with van der Waals surface area (Å²) in [6.45, 7) is 2.74. The number of rotatable bonds is 6. The van der Waals surface area contributed by atoms with Crippen molar-refractivity contribution in [3.05, 3.63) is 59.7 Å². The second kappa shape index (κ2) is 10.9. The Morgan fingerprint density at radius 3 is 2.29 bits per heavy atom. The Morgan fingerprint density at radius 1 is 0.914 bits per heavy atom. The smallest absolute Gasteiger partial charge is 0.243 e. The lowest BCUT2D eigenvalue weighted by Gasteiger charge is -2.37. The molecule has 2 aromatic rings. The van der Waals surface area contributed by atoms with Gasteiger partial charge in [-0.3, -0.25) is 9.59 Å². The zero-order chi connectivity index (χ0) is 25.0. The van der Waals surface area contributed by atoms with Crippen LogP contribution in [0, 0.1) is 5.92 Å². The first-order chi connectivity index (χ1) is 16.8. The molecule has 188 valence electrons. The molecule has 0 radical (unpaired) electrons. The van der Waals surface area contributed by atoms with Crippen LogP contribution in [0.3, 0.4) is 0 Å². The first kappa shape index (κ1) is 25.4. The van der Waals surface area contributed by atoms with Crippen LogP contribution in [0.25, 0.3) is 0 Å². The number of carbonyl (C=O) groups excluding carboxylic acids is 2. The monoisotopic (exact) mass is 498 g/mol. The number of hydrogen-bond acceptors (Lipinski definition) is 5. The Hall–Kier alpha value is -2.71. The molecule has 4 rings (SSSR count). The Balaban J connectivity index is 1.46. The van der Waals surface area contributed by atoms with Crippen molar-refractivity contribution in [3.8, 4) is 5.75 Å². The van der Waals surface area contributed by atoms with Gasteiger partial charge in [0.1, 0.15) is 5.75 Å². The van der Waals surface area contributed by atoms with Gasteiger partial charge in [0.25, 0.3) is 0 Å². The molecule has 0 N–H and O–H groups in total. The van der Waals surface area contributed by atoms with E-state index in [1.807, 2.05) is 29.2 Å². The van der Waals surface area contributed by atoms with Crippen LogP contribution < -0.4 is 4.74 Å². The average Bonchev–Trinajstić information content (AvgIpc) is 3.14. The van der Waals surface area contributed by atoms with Gasteiger partial charge in [-0.15, -0.1) is 0 Å². The molecule has 0 saturated carbocycles. The van der Waals surface area contributed by atoms with Gasteiger partial charge in [-0.1, -0.05) is 37.1 Å². The number of Topliss-reactive ketones (excluding diaryl/α,β-unsaturated/α-hetero) is 1. The first-order valence-corrected chi connectivity index (χ1v) is 13.8. The highest BCUT2D eigenvalue weighted by atomic mass is 32.2. The Labute approximate surface area is 208 Å². The Morgan fingerprint density at radius 2 is 1.63 bits per heavy atom. The number of methoxy groups -OCH3 is 1. The van der Waals surface area contributed by atoms with Gasteiger partial charge in [-0.25, -0.2) is 8.42 Å². The highest BCUT2D eigenvalue weighted by Gasteiger charge is 2.36. The van der Waals surface area contributed by atoms with Crippen LogP contribution in [0.15, 0.2) is 53.4 Å². The minimum atomic E-state index is -3.71. The summed E-state index contributed by atoms with van der Waals surface area (Å²) in [5, 5.41) is 0. The normalized spacial score (nSPS) is 20.3. The van der Waals surface area contributed by atoms with Crippen molar-refractivity contribution in [2.24, 2.45) is 5.92 Å². The van der Waals surface area contributed by atoms with Gasteiger partial charge >= 0.3 is 0 Å². The summed E-state index contributed by atoms with van der Waals surface area (Å²) >= 11 is 0. The highest BCUT2D eigenvalue weighted by molar-refractivity contribution is 7.89. The van der Waals surface area contributed by atoms with Crippen LogP contribution in [-0.4, -0.2) is 56.1 Å². The van der Waals surface area contributed by atoms with Crippen LogP contribution in [0.4, 0.5) is 0 Å². The number of ketones is 1. The second-order valence-electron chi connectivity index (χ2n) is 9.43. The van der Waals surface area contributed by atoms with E-state index in [1.54, 1.807) is 19.2 Å². The topological polar surface area (TPSA) is 84.0 Å². The summed E-state index contributed by atoms with van der Waals surface area (Å²) in [6.07, 6.45) is 5.09. The maximum atomic E-state index is 13.7. The molecule has 0 aromatic heterocycles. The van der Waals surface area contributed by atoms with E-state index >= 15 is 0 Å². The van der Waals surface area contributed by atoms with E-state index in [1.165, 1.54) is 23.4 Å². The number of benzene rings is 2. The van der Waals surface area contributed by atoms with Gasteiger partial charge in [0.05, 0.1) is 18.0 Å². The van der Waals surface area contributed by atoms with Crippen molar-refractivity contribution in [2.45, 2.75) is 56.4 Å². The summed E-state index contributed by atoms with van der Waals surface area (Å²) < 4.78 is 33.1. The van der Waals surface area contributed by atoms with Gasteiger partial charge < -0.3 is 9.64 Å². The predicted molar refractivity (Wildman–Crippen MR) is 134 cm³/mol. The highest BCUT2D eigenvalue weighted by Crippen LogP contribution is 2.34. The van der Waals surface area contributed by atoms with E-state index in [4.69, 9.17) is 4.74 Å². The van der Waals surface area contributed by atoms with Gasteiger partial charge in [0, 0.05) is 31.1 Å². The van der Waals surface area contributed by atoms with Crippen molar-refractivity contribution >= 4 is 21.7 Å². The van der Waals surface area contributed by atoms with Gasteiger partial charge in [-0.2, -0.15) is 4.31 Å². The molecule has 0 unspecified atom stereocenters. The molecule has 2 heterocycles. The molecular formula is C27H34N2O5S. The molecule has 0 spiro atoms. The summed E-state index contributed by atoms with van der Waals surface area (Å²) in [6, 6.07) is 14.2. The number of sulfonamides is 1. The fraction of sp³-hybridized carbons (Fsp3) is 0.481. The molecule has 7 nitrogen and oxygen atoms in total. The zero-order valence-electron chi connectivity index (χ0n) is 20.5. The van der Waals surface area contributed by atoms with Gasteiger partial charge in [-0.05, 0) is 62.4 Å². The van der Waals surface area contributed by atoms with E-state index in [-0.39, 0.29) is 28.5 Å². The van der Waals surface area contributed by atoms with Crippen LogP contribution in [0.5, 0.6) is 5.75 Å². The van der Waals surface area contributed by atoms with Crippen LogP contribution in [0.1, 0.15) is 67.4 Å². The molecule has 2 saturated heterocycles. The van der Waals surface area contributed by atoms with Crippen molar-refractivity contribution in [1.82, 2.24) is 9.21 Å². The largest absolute Gasteiger partial charge is 0.497 e. The molecule has 0 bridgehead atoms. The van der Waals surface area contributed by atoms with Gasteiger partial charge in [0.15, 0.2) is 5.78 Å². The zero-order valence-corrected chi connectivity index (χ0v) is 21.3. The van der Waals surface area contributed by atoms with E-state index in [9.17, 15) is 18.0 Å². The molecule has 2 fully saturated rings. The molecule has 2 aliphatic rings. The third-order valence-electron chi connectivity index (χ3n) is 7.22. The molecule has 8 heteroatoms. The maximum absolute atomic E-state index is 13.7. The quantitative estimate of drug-likeness (QED) is 0.550. The molecule has 1 amide bonds. The van der Waals surface area contributed by atoms with E-state index in [2.05, 4.69) is 0 Å². The molecule has 2 aromatic carbocycles. The number of piperidine rings is 1. The number of likely N-dealkylation sites (tertiary alicyclic amines) is 1. The first-order valence-electron chi connectivity index (χ1n) is 12.4. The van der Waals surface area contributed by atoms with Crippen molar-refractivity contribution in [2.75, 3.05) is 26.7 Å². The van der Waals surface area contributed by atoms with Crippen LogP contribution >= 0.6 is 0 Å². The average molecular weight is 499 g/mol. The number of hydrogen-bond donors (Lipinski definition) is 0. The summed E-state index contributed by atoms with van der Waals surface area (Å²) in [5.74, 6) is 0.560. The molecule has 1 atom stereocenters. The molecule has 35 heavy (non-hydrogen) atoms. The Kier molecular flexibility index (Phi) is 7.91. The van der Waals surface area contributed by atoms with Crippen LogP contribution in [-0.2, 0) is 14.8 Å². The predicted octanol–water partition coefficient (Wildman–Crippen LogP) is 4.44. The number of amides is 1. The number of carbonyl (C=O) groups is 2. The SMILES string of the molecule is COc1ccc([C@H]2CCCCCN2C(=O)C2CCN(S(=O)(=O)c3cccc(C(C)=O)c3)CC2)cc1. The van der Waals surface area contributed by atoms with E-state index in [0.29, 0.717) is 31.5 Å². The standard InChI is InChI=1S/C27H34N2O5S/c1-20(30)23-7-6-8-25(19-23)35(32,33)28-17-14-22(15-18-28)27(31)29-16-5-3-4-9-26(29)21-10-12-24(34-2)13-11-21/h6-8,10-13,19,22,26H,3-5,9,14-18H2,1-2H3/t26-/m1/s1. The lowest BCUT2D eigenvalue weighted by atomic mass is 9.94. The minimum Gasteiger partial charge on any atom is -0.497 e.